The Hall–Kier alpha value is -0.530. The first-order valence-electron chi connectivity index (χ1n) is 9.03. The van der Waals surface area contributed by atoms with Crippen LogP contribution in [0.4, 0.5) is 0 Å². The first-order valence-corrected chi connectivity index (χ1v) is 9.03. The molecule has 0 spiro atoms. The van der Waals surface area contributed by atoms with E-state index in [2.05, 4.69) is 26.1 Å². The van der Waals surface area contributed by atoms with Crippen molar-refractivity contribution in [3.8, 4) is 0 Å². The summed E-state index contributed by atoms with van der Waals surface area (Å²) in [5, 5.41) is 3.11. The second kappa shape index (κ2) is 14.9. The lowest BCUT2D eigenvalue weighted by molar-refractivity contribution is -0.125. The van der Waals surface area contributed by atoms with Gasteiger partial charge in [0.25, 0.3) is 0 Å². The van der Waals surface area contributed by atoms with Crippen LogP contribution in [0.1, 0.15) is 97.8 Å². The molecule has 0 rings (SSSR count). The summed E-state index contributed by atoms with van der Waals surface area (Å²) < 4.78 is 0. The summed E-state index contributed by atoms with van der Waals surface area (Å²) in [7, 11) is 0. The van der Waals surface area contributed by atoms with Gasteiger partial charge in [-0.2, -0.15) is 0 Å². The SMILES string of the molecule is CCCCCCCCCCNC(=O)C(CC)CCCC. The fraction of sp³-hybridized carbons (Fsp3) is 0.944. The average Bonchev–Trinajstić information content (AvgIpc) is 2.46. The Morgan fingerprint density at radius 1 is 0.800 bits per heavy atom. The molecular weight excluding hydrogens is 246 g/mol. The van der Waals surface area contributed by atoms with Gasteiger partial charge in [0.2, 0.25) is 5.91 Å². The van der Waals surface area contributed by atoms with Crippen molar-refractivity contribution < 1.29 is 4.79 Å². The monoisotopic (exact) mass is 283 g/mol. The van der Waals surface area contributed by atoms with E-state index in [0.29, 0.717) is 0 Å². The molecule has 1 amide bonds. The highest BCUT2D eigenvalue weighted by molar-refractivity contribution is 5.78. The maximum Gasteiger partial charge on any atom is 0.223 e. The minimum Gasteiger partial charge on any atom is -0.356 e. The third-order valence-corrected chi connectivity index (χ3v) is 4.10. The van der Waals surface area contributed by atoms with E-state index in [9.17, 15) is 4.79 Å². The van der Waals surface area contributed by atoms with Crippen LogP contribution in [0.15, 0.2) is 0 Å². The summed E-state index contributed by atoms with van der Waals surface area (Å²) in [5.74, 6) is 0.521. The summed E-state index contributed by atoms with van der Waals surface area (Å²) in [6.45, 7) is 7.44. The molecule has 1 atom stereocenters. The van der Waals surface area contributed by atoms with E-state index in [4.69, 9.17) is 0 Å². The van der Waals surface area contributed by atoms with Crippen LogP contribution in [0.2, 0.25) is 0 Å². The standard InChI is InChI=1S/C18H37NO/c1-4-7-9-10-11-12-13-14-16-19-18(20)17(6-3)15-8-5-2/h17H,4-16H2,1-3H3,(H,19,20). The molecular formula is C18H37NO. The summed E-state index contributed by atoms with van der Waals surface area (Å²) in [5.41, 5.74) is 0. The van der Waals surface area contributed by atoms with E-state index >= 15 is 0 Å². The van der Waals surface area contributed by atoms with Crippen molar-refractivity contribution in [3.05, 3.63) is 0 Å². The molecule has 0 saturated carbocycles. The maximum absolute atomic E-state index is 12.0. The molecule has 0 saturated heterocycles. The predicted molar refractivity (Wildman–Crippen MR) is 88.9 cm³/mol. The van der Waals surface area contributed by atoms with Crippen molar-refractivity contribution in [1.82, 2.24) is 5.32 Å². The molecule has 0 radical (unpaired) electrons. The topological polar surface area (TPSA) is 29.1 Å². The number of carbonyl (C=O) groups is 1. The van der Waals surface area contributed by atoms with Gasteiger partial charge in [0.1, 0.15) is 0 Å². The maximum atomic E-state index is 12.0. The Bertz CT molecular complexity index is 215. The number of nitrogens with one attached hydrogen (secondary N) is 1. The van der Waals surface area contributed by atoms with Gasteiger partial charge >= 0.3 is 0 Å². The molecule has 0 aliphatic carbocycles. The molecule has 0 aromatic rings. The van der Waals surface area contributed by atoms with Crippen LogP contribution in [0.25, 0.3) is 0 Å². The summed E-state index contributed by atoms with van der Waals surface area (Å²) >= 11 is 0. The van der Waals surface area contributed by atoms with Gasteiger partial charge in [-0.3, -0.25) is 4.79 Å². The molecule has 0 fully saturated rings. The quantitative estimate of drug-likeness (QED) is 0.421. The second-order valence-corrected chi connectivity index (χ2v) is 6.01. The number of unbranched alkanes of at least 4 members (excludes halogenated alkanes) is 8. The average molecular weight is 284 g/mol. The van der Waals surface area contributed by atoms with E-state index in [1.54, 1.807) is 0 Å². The largest absolute Gasteiger partial charge is 0.356 e. The van der Waals surface area contributed by atoms with Crippen molar-refractivity contribution in [2.24, 2.45) is 5.92 Å². The van der Waals surface area contributed by atoms with Crippen molar-refractivity contribution in [2.75, 3.05) is 6.54 Å². The zero-order chi connectivity index (χ0) is 15.1. The van der Waals surface area contributed by atoms with Gasteiger partial charge in [-0.05, 0) is 19.3 Å². The van der Waals surface area contributed by atoms with E-state index in [1.807, 2.05) is 0 Å². The summed E-state index contributed by atoms with van der Waals surface area (Å²) in [4.78, 5) is 12.0. The molecule has 0 aromatic carbocycles. The molecule has 0 aliphatic rings. The lowest BCUT2D eigenvalue weighted by Gasteiger charge is -2.14. The molecule has 1 unspecified atom stereocenters. The fourth-order valence-electron chi connectivity index (χ4n) is 2.59. The van der Waals surface area contributed by atoms with Gasteiger partial charge in [-0.15, -0.1) is 0 Å². The Labute approximate surface area is 127 Å². The van der Waals surface area contributed by atoms with Gasteiger partial charge in [0, 0.05) is 12.5 Å². The van der Waals surface area contributed by atoms with E-state index < -0.39 is 0 Å². The molecule has 2 heteroatoms. The van der Waals surface area contributed by atoms with Crippen molar-refractivity contribution in [2.45, 2.75) is 97.8 Å². The molecule has 0 aromatic heterocycles. The van der Waals surface area contributed by atoms with Gasteiger partial charge in [0.15, 0.2) is 0 Å². The van der Waals surface area contributed by atoms with Crippen molar-refractivity contribution in [1.29, 1.82) is 0 Å². The van der Waals surface area contributed by atoms with Crippen molar-refractivity contribution >= 4 is 5.91 Å². The molecule has 0 heterocycles. The van der Waals surface area contributed by atoms with Crippen LogP contribution < -0.4 is 5.32 Å². The predicted octanol–water partition coefficient (Wildman–Crippen LogP) is 5.46. The number of hydrogen-bond acceptors (Lipinski definition) is 1. The van der Waals surface area contributed by atoms with Gasteiger partial charge in [-0.25, -0.2) is 0 Å². The molecule has 2 nitrogen and oxygen atoms in total. The Morgan fingerprint density at radius 3 is 1.90 bits per heavy atom. The van der Waals surface area contributed by atoms with Crippen LogP contribution in [0.5, 0.6) is 0 Å². The lowest BCUT2D eigenvalue weighted by Crippen LogP contribution is -2.31. The molecule has 0 aliphatic heterocycles. The van der Waals surface area contributed by atoms with Gasteiger partial charge in [0.05, 0.1) is 0 Å². The van der Waals surface area contributed by atoms with Crippen LogP contribution in [-0.2, 0) is 4.79 Å². The Morgan fingerprint density at radius 2 is 1.35 bits per heavy atom. The lowest BCUT2D eigenvalue weighted by atomic mass is 9.98. The third-order valence-electron chi connectivity index (χ3n) is 4.10. The summed E-state index contributed by atoms with van der Waals surface area (Å²) in [6, 6.07) is 0. The minimum absolute atomic E-state index is 0.240. The van der Waals surface area contributed by atoms with E-state index in [1.165, 1.54) is 57.8 Å². The highest BCUT2D eigenvalue weighted by Crippen LogP contribution is 2.12. The van der Waals surface area contributed by atoms with Crippen LogP contribution in [0, 0.1) is 5.92 Å². The highest BCUT2D eigenvalue weighted by atomic mass is 16.1. The normalized spacial score (nSPS) is 12.3. The first-order chi connectivity index (χ1) is 9.76. The zero-order valence-corrected chi connectivity index (χ0v) is 14.2. The molecule has 0 bridgehead atoms. The molecule has 20 heavy (non-hydrogen) atoms. The van der Waals surface area contributed by atoms with Gasteiger partial charge < -0.3 is 5.32 Å². The zero-order valence-electron chi connectivity index (χ0n) is 14.2. The first kappa shape index (κ1) is 19.5. The van der Waals surface area contributed by atoms with Crippen LogP contribution in [-0.4, -0.2) is 12.5 Å². The fourth-order valence-corrected chi connectivity index (χ4v) is 2.59. The molecule has 1 N–H and O–H groups in total. The Balaban J connectivity index is 3.41. The van der Waals surface area contributed by atoms with E-state index in [-0.39, 0.29) is 11.8 Å². The second-order valence-electron chi connectivity index (χ2n) is 6.01. The van der Waals surface area contributed by atoms with Gasteiger partial charge in [-0.1, -0.05) is 78.6 Å². The minimum atomic E-state index is 0.240. The summed E-state index contributed by atoms with van der Waals surface area (Å²) in [6.07, 6.45) is 15.0. The van der Waals surface area contributed by atoms with E-state index in [0.717, 1.165) is 25.8 Å². The third kappa shape index (κ3) is 11.3. The molecule has 120 valence electrons. The van der Waals surface area contributed by atoms with Crippen molar-refractivity contribution in [3.63, 3.8) is 0 Å². The Kier molecular flexibility index (Phi) is 14.5. The number of hydrogen-bond donors (Lipinski definition) is 1. The number of rotatable bonds is 14. The number of carbonyl (C=O) groups excluding carboxylic acids is 1. The highest BCUT2D eigenvalue weighted by Gasteiger charge is 2.14. The van der Waals surface area contributed by atoms with Crippen LogP contribution in [0.3, 0.4) is 0 Å². The number of amides is 1. The smallest absolute Gasteiger partial charge is 0.223 e. The van der Waals surface area contributed by atoms with Crippen LogP contribution >= 0.6 is 0 Å².